The average Bonchev–Trinajstić information content (AvgIpc) is 2.47. The van der Waals surface area contributed by atoms with Gasteiger partial charge in [-0.05, 0) is 43.3 Å². The number of aryl methyl sites for hydroxylation is 1. The number of amides is 1. The summed E-state index contributed by atoms with van der Waals surface area (Å²) in [6.45, 7) is 1.92. The number of Topliss-reactive ketones (excluding diaryl/α,β-unsaturated/α-hetero) is 1. The standard InChI is InChI=1S/C16H16N2O2/c1-11-3-2-4-13(9-11)16(20)18-14-7-5-12(6-8-14)15(19)10-17/h2-9H,10,17H2,1H3,(H,18,20). The summed E-state index contributed by atoms with van der Waals surface area (Å²) in [4.78, 5) is 23.4. The summed E-state index contributed by atoms with van der Waals surface area (Å²) in [6.07, 6.45) is 0. The van der Waals surface area contributed by atoms with Crippen molar-refractivity contribution in [2.45, 2.75) is 6.92 Å². The first-order valence-corrected chi connectivity index (χ1v) is 6.31. The second-order valence-corrected chi connectivity index (χ2v) is 4.53. The lowest BCUT2D eigenvalue weighted by Crippen LogP contribution is -2.14. The molecule has 0 unspecified atom stereocenters. The van der Waals surface area contributed by atoms with Crippen LogP contribution >= 0.6 is 0 Å². The van der Waals surface area contributed by atoms with Gasteiger partial charge in [0.25, 0.3) is 5.91 Å². The van der Waals surface area contributed by atoms with Crippen LogP contribution in [0.4, 0.5) is 5.69 Å². The molecule has 2 aromatic carbocycles. The first-order chi connectivity index (χ1) is 9.60. The number of ketones is 1. The van der Waals surface area contributed by atoms with Crippen LogP contribution in [-0.2, 0) is 0 Å². The summed E-state index contributed by atoms with van der Waals surface area (Å²) < 4.78 is 0. The Morgan fingerprint density at radius 1 is 1.05 bits per heavy atom. The van der Waals surface area contributed by atoms with Crippen molar-refractivity contribution in [3.8, 4) is 0 Å². The highest BCUT2D eigenvalue weighted by molar-refractivity contribution is 6.04. The fraction of sp³-hybridized carbons (Fsp3) is 0.125. The van der Waals surface area contributed by atoms with Crippen LogP contribution < -0.4 is 11.1 Å². The Balaban J connectivity index is 2.10. The van der Waals surface area contributed by atoms with E-state index < -0.39 is 0 Å². The first kappa shape index (κ1) is 14.0. The molecule has 0 aliphatic carbocycles. The molecule has 0 spiro atoms. The first-order valence-electron chi connectivity index (χ1n) is 6.31. The zero-order valence-corrected chi connectivity index (χ0v) is 11.2. The van der Waals surface area contributed by atoms with E-state index in [0.717, 1.165) is 5.56 Å². The van der Waals surface area contributed by atoms with Crippen molar-refractivity contribution in [1.29, 1.82) is 0 Å². The minimum absolute atomic E-state index is 0.0189. The Kier molecular flexibility index (Phi) is 4.27. The van der Waals surface area contributed by atoms with Crippen molar-refractivity contribution in [1.82, 2.24) is 0 Å². The lowest BCUT2D eigenvalue weighted by Gasteiger charge is -2.06. The number of nitrogens with two attached hydrogens (primary N) is 1. The lowest BCUT2D eigenvalue weighted by atomic mass is 10.1. The van der Waals surface area contributed by atoms with Gasteiger partial charge in [0, 0.05) is 16.8 Å². The molecule has 0 saturated carbocycles. The van der Waals surface area contributed by atoms with Crippen LogP contribution in [0.3, 0.4) is 0 Å². The minimum atomic E-state index is -0.174. The molecule has 0 saturated heterocycles. The Hall–Kier alpha value is -2.46. The van der Waals surface area contributed by atoms with E-state index in [2.05, 4.69) is 5.32 Å². The molecule has 1 amide bonds. The normalized spacial score (nSPS) is 10.1. The van der Waals surface area contributed by atoms with E-state index in [-0.39, 0.29) is 18.2 Å². The van der Waals surface area contributed by atoms with Gasteiger partial charge in [-0.3, -0.25) is 9.59 Å². The Labute approximate surface area is 117 Å². The number of hydrogen-bond donors (Lipinski definition) is 2. The van der Waals surface area contributed by atoms with Crippen LogP contribution in [0.2, 0.25) is 0 Å². The zero-order chi connectivity index (χ0) is 14.5. The smallest absolute Gasteiger partial charge is 0.255 e. The third-order valence-electron chi connectivity index (χ3n) is 2.93. The van der Waals surface area contributed by atoms with E-state index in [1.807, 2.05) is 25.1 Å². The summed E-state index contributed by atoms with van der Waals surface area (Å²) in [5.74, 6) is -0.298. The Morgan fingerprint density at radius 2 is 1.75 bits per heavy atom. The van der Waals surface area contributed by atoms with E-state index in [9.17, 15) is 9.59 Å². The quantitative estimate of drug-likeness (QED) is 0.836. The van der Waals surface area contributed by atoms with Crippen LogP contribution in [0.5, 0.6) is 0 Å². The average molecular weight is 268 g/mol. The third kappa shape index (κ3) is 3.30. The SMILES string of the molecule is Cc1cccc(C(=O)Nc2ccc(C(=O)CN)cc2)c1. The monoisotopic (exact) mass is 268 g/mol. The highest BCUT2D eigenvalue weighted by atomic mass is 16.1. The molecule has 102 valence electrons. The second kappa shape index (κ2) is 6.12. The fourth-order valence-corrected chi connectivity index (χ4v) is 1.85. The highest BCUT2D eigenvalue weighted by Gasteiger charge is 2.07. The largest absolute Gasteiger partial charge is 0.324 e. The van der Waals surface area contributed by atoms with Crippen LogP contribution in [0.15, 0.2) is 48.5 Å². The number of carbonyl (C=O) groups excluding carboxylic acids is 2. The molecule has 0 fully saturated rings. The number of carbonyl (C=O) groups is 2. The van der Waals surface area contributed by atoms with Crippen LogP contribution in [0.1, 0.15) is 26.3 Å². The summed E-state index contributed by atoms with van der Waals surface area (Å²) in [6, 6.07) is 14.0. The van der Waals surface area contributed by atoms with Crippen molar-refractivity contribution < 1.29 is 9.59 Å². The van der Waals surface area contributed by atoms with Crippen molar-refractivity contribution in [2.24, 2.45) is 5.73 Å². The van der Waals surface area contributed by atoms with Gasteiger partial charge in [0.2, 0.25) is 0 Å². The number of rotatable bonds is 4. The van der Waals surface area contributed by atoms with E-state index >= 15 is 0 Å². The summed E-state index contributed by atoms with van der Waals surface area (Å²) in [7, 11) is 0. The minimum Gasteiger partial charge on any atom is -0.324 e. The van der Waals surface area contributed by atoms with Gasteiger partial charge in [0.05, 0.1) is 6.54 Å². The van der Waals surface area contributed by atoms with Crippen molar-refractivity contribution in [3.05, 3.63) is 65.2 Å². The molecule has 2 rings (SSSR count). The molecule has 0 aliphatic rings. The van der Waals surface area contributed by atoms with Crippen LogP contribution in [0, 0.1) is 6.92 Å². The number of anilines is 1. The number of benzene rings is 2. The van der Waals surface area contributed by atoms with Crippen LogP contribution in [-0.4, -0.2) is 18.2 Å². The van der Waals surface area contributed by atoms with Crippen LogP contribution in [0.25, 0.3) is 0 Å². The van der Waals surface area contributed by atoms with Gasteiger partial charge in [-0.25, -0.2) is 0 Å². The van der Waals surface area contributed by atoms with Gasteiger partial charge in [-0.2, -0.15) is 0 Å². The van der Waals surface area contributed by atoms with Gasteiger partial charge in [-0.15, -0.1) is 0 Å². The molecule has 0 atom stereocenters. The van der Waals surface area contributed by atoms with Crippen molar-refractivity contribution >= 4 is 17.4 Å². The fourth-order valence-electron chi connectivity index (χ4n) is 1.85. The molecular weight excluding hydrogens is 252 g/mol. The molecular formula is C16H16N2O2. The predicted octanol–water partition coefficient (Wildman–Crippen LogP) is 2.39. The lowest BCUT2D eigenvalue weighted by molar-refractivity contribution is 0.0999. The summed E-state index contributed by atoms with van der Waals surface area (Å²) in [5.41, 5.74) is 8.11. The third-order valence-corrected chi connectivity index (χ3v) is 2.93. The Morgan fingerprint density at radius 3 is 2.35 bits per heavy atom. The van der Waals surface area contributed by atoms with E-state index in [1.54, 1.807) is 30.3 Å². The predicted molar refractivity (Wildman–Crippen MR) is 79.0 cm³/mol. The van der Waals surface area contributed by atoms with E-state index in [1.165, 1.54) is 0 Å². The number of nitrogens with one attached hydrogen (secondary N) is 1. The van der Waals surface area contributed by atoms with Crippen molar-refractivity contribution in [3.63, 3.8) is 0 Å². The van der Waals surface area contributed by atoms with Gasteiger partial charge in [-0.1, -0.05) is 17.7 Å². The van der Waals surface area contributed by atoms with Crippen molar-refractivity contribution in [2.75, 3.05) is 11.9 Å². The number of hydrogen-bond acceptors (Lipinski definition) is 3. The Bertz CT molecular complexity index is 633. The maximum Gasteiger partial charge on any atom is 0.255 e. The maximum absolute atomic E-state index is 12.0. The van der Waals surface area contributed by atoms with Gasteiger partial charge in [0.15, 0.2) is 5.78 Å². The topological polar surface area (TPSA) is 72.2 Å². The maximum atomic E-state index is 12.0. The molecule has 2 aromatic rings. The summed E-state index contributed by atoms with van der Waals surface area (Å²) >= 11 is 0. The van der Waals surface area contributed by atoms with E-state index in [4.69, 9.17) is 5.73 Å². The molecule has 4 nitrogen and oxygen atoms in total. The molecule has 0 bridgehead atoms. The molecule has 0 aromatic heterocycles. The van der Waals surface area contributed by atoms with Gasteiger partial charge < -0.3 is 11.1 Å². The highest BCUT2D eigenvalue weighted by Crippen LogP contribution is 2.12. The second-order valence-electron chi connectivity index (χ2n) is 4.53. The molecule has 4 heteroatoms. The molecule has 20 heavy (non-hydrogen) atoms. The molecule has 3 N–H and O–H groups in total. The molecule has 0 aliphatic heterocycles. The molecule has 0 heterocycles. The molecule has 0 radical (unpaired) electrons. The zero-order valence-electron chi connectivity index (χ0n) is 11.2. The van der Waals surface area contributed by atoms with E-state index in [0.29, 0.717) is 16.8 Å². The summed E-state index contributed by atoms with van der Waals surface area (Å²) in [5, 5.41) is 2.79. The van der Waals surface area contributed by atoms with Gasteiger partial charge in [0.1, 0.15) is 0 Å². The van der Waals surface area contributed by atoms with Gasteiger partial charge >= 0.3 is 0 Å².